The van der Waals surface area contributed by atoms with Crippen LogP contribution in [0.2, 0.25) is 0 Å². The van der Waals surface area contributed by atoms with Gasteiger partial charge in [-0.3, -0.25) is 25.8 Å². The number of methoxy groups -OCH3 is 1. The van der Waals surface area contributed by atoms with E-state index in [-0.39, 0.29) is 11.7 Å². The lowest BCUT2D eigenvalue weighted by Crippen LogP contribution is -2.49. The second kappa shape index (κ2) is 10.2. The van der Waals surface area contributed by atoms with Gasteiger partial charge in [-0.1, -0.05) is 30.3 Å². The molecule has 7 nitrogen and oxygen atoms in total. The molecule has 30 heavy (non-hydrogen) atoms. The summed E-state index contributed by atoms with van der Waals surface area (Å²) < 4.78 is 11.5. The molecule has 3 aromatic rings. The molecule has 0 saturated carbocycles. The summed E-state index contributed by atoms with van der Waals surface area (Å²) in [7, 11) is 1.56. The Kier molecular flexibility index (Phi) is 7.41. The zero-order valence-corrected chi connectivity index (χ0v) is 18.9. The first kappa shape index (κ1) is 21.8. The van der Waals surface area contributed by atoms with Crippen LogP contribution < -0.4 is 25.6 Å². The standard InChI is InChI=1S/C21H18IN3O4S/c1-28-18-9-7-15(11-17(18)22)20(27)23-21(30)25-24-19(26)12-29-16-8-6-13-4-2-3-5-14(13)10-16/h2-11H,12H2,1H3,(H,24,26)(H2,23,25,27,30). The van der Waals surface area contributed by atoms with Crippen molar-refractivity contribution in [3.63, 3.8) is 0 Å². The molecule has 3 aromatic carbocycles. The molecule has 3 N–H and O–H groups in total. The topological polar surface area (TPSA) is 88.7 Å². The third-order valence-electron chi connectivity index (χ3n) is 4.05. The van der Waals surface area contributed by atoms with Crippen LogP contribution >= 0.6 is 34.8 Å². The maximum absolute atomic E-state index is 12.2. The Bertz CT molecular complexity index is 1110. The molecule has 3 rings (SSSR count). The minimum Gasteiger partial charge on any atom is -0.496 e. The number of amides is 2. The number of hydrogen-bond acceptors (Lipinski definition) is 5. The first-order chi connectivity index (χ1) is 14.5. The highest BCUT2D eigenvalue weighted by molar-refractivity contribution is 14.1. The summed E-state index contributed by atoms with van der Waals surface area (Å²) in [5.41, 5.74) is 5.28. The van der Waals surface area contributed by atoms with Crippen LogP contribution in [0.25, 0.3) is 10.8 Å². The Balaban J connectivity index is 1.45. The summed E-state index contributed by atoms with van der Waals surface area (Å²) >= 11 is 7.11. The van der Waals surface area contributed by atoms with Crippen LogP contribution in [0.3, 0.4) is 0 Å². The lowest BCUT2D eigenvalue weighted by molar-refractivity contribution is -0.123. The first-order valence-electron chi connectivity index (χ1n) is 8.81. The van der Waals surface area contributed by atoms with Gasteiger partial charge in [-0.05, 0) is 75.9 Å². The van der Waals surface area contributed by atoms with Crippen LogP contribution in [0.1, 0.15) is 10.4 Å². The molecule has 2 amide bonds. The van der Waals surface area contributed by atoms with Gasteiger partial charge >= 0.3 is 0 Å². The second-order valence-corrected chi connectivity index (χ2v) is 7.67. The molecule has 0 unspecified atom stereocenters. The molecule has 0 aliphatic rings. The van der Waals surface area contributed by atoms with Crippen LogP contribution in [0.4, 0.5) is 0 Å². The van der Waals surface area contributed by atoms with Gasteiger partial charge in [0, 0.05) is 5.56 Å². The van der Waals surface area contributed by atoms with Gasteiger partial charge in [0.1, 0.15) is 11.5 Å². The van der Waals surface area contributed by atoms with Gasteiger partial charge in [0.05, 0.1) is 10.7 Å². The van der Waals surface area contributed by atoms with Crippen LogP contribution in [0.15, 0.2) is 60.7 Å². The fourth-order valence-electron chi connectivity index (χ4n) is 2.58. The molecule has 0 fully saturated rings. The molecule has 0 bridgehead atoms. The maximum Gasteiger partial charge on any atom is 0.276 e. The van der Waals surface area contributed by atoms with Crippen molar-refractivity contribution in [2.75, 3.05) is 13.7 Å². The molecule has 0 heterocycles. The molecule has 0 aromatic heterocycles. The minimum absolute atomic E-state index is 0.0371. The van der Waals surface area contributed by atoms with Gasteiger partial charge in [0.25, 0.3) is 11.8 Å². The number of thiocarbonyl (C=S) groups is 1. The molecular formula is C21H18IN3O4S. The minimum atomic E-state index is -0.446. The number of rotatable bonds is 5. The van der Waals surface area contributed by atoms with Crippen molar-refractivity contribution in [2.24, 2.45) is 0 Å². The van der Waals surface area contributed by atoms with E-state index in [1.165, 1.54) is 0 Å². The van der Waals surface area contributed by atoms with Crippen LogP contribution in [0, 0.1) is 3.57 Å². The average Bonchev–Trinajstić information content (AvgIpc) is 2.76. The maximum atomic E-state index is 12.2. The predicted octanol–water partition coefficient (Wildman–Crippen LogP) is 3.17. The fraction of sp³-hybridized carbons (Fsp3) is 0.0952. The average molecular weight is 535 g/mol. The van der Waals surface area contributed by atoms with Crippen molar-refractivity contribution >= 4 is 62.5 Å². The highest BCUT2D eigenvalue weighted by atomic mass is 127. The summed E-state index contributed by atoms with van der Waals surface area (Å²) in [6.45, 7) is -0.210. The summed E-state index contributed by atoms with van der Waals surface area (Å²) in [5.74, 6) is 0.397. The van der Waals surface area contributed by atoms with Crippen LogP contribution in [0.5, 0.6) is 11.5 Å². The van der Waals surface area contributed by atoms with E-state index in [1.54, 1.807) is 31.4 Å². The van der Waals surface area contributed by atoms with Crippen molar-refractivity contribution in [2.45, 2.75) is 0 Å². The Morgan fingerprint density at radius 1 is 1.00 bits per heavy atom. The largest absolute Gasteiger partial charge is 0.496 e. The van der Waals surface area contributed by atoms with Gasteiger partial charge < -0.3 is 9.47 Å². The molecule has 0 saturated heterocycles. The van der Waals surface area contributed by atoms with Gasteiger partial charge in [0.15, 0.2) is 11.7 Å². The number of benzene rings is 3. The van der Waals surface area contributed by atoms with E-state index in [4.69, 9.17) is 21.7 Å². The second-order valence-electron chi connectivity index (χ2n) is 6.10. The van der Waals surface area contributed by atoms with Crippen LogP contribution in [-0.4, -0.2) is 30.6 Å². The first-order valence-corrected chi connectivity index (χ1v) is 10.3. The third-order valence-corrected chi connectivity index (χ3v) is 5.09. The Hall–Kier alpha value is -2.92. The van der Waals surface area contributed by atoms with E-state index in [0.29, 0.717) is 17.1 Å². The molecule has 0 spiro atoms. The van der Waals surface area contributed by atoms with E-state index in [1.807, 2.05) is 36.4 Å². The van der Waals surface area contributed by atoms with Crippen molar-refractivity contribution < 1.29 is 19.1 Å². The third kappa shape index (κ3) is 5.80. The molecule has 0 aliphatic carbocycles. The highest BCUT2D eigenvalue weighted by Gasteiger charge is 2.11. The Morgan fingerprint density at radius 2 is 1.77 bits per heavy atom. The smallest absolute Gasteiger partial charge is 0.276 e. The quantitative estimate of drug-likeness (QED) is 0.265. The predicted molar refractivity (Wildman–Crippen MR) is 126 cm³/mol. The van der Waals surface area contributed by atoms with Gasteiger partial charge in [0.2, 0.25) is 0 Å². The van der Waals surface area contributed by atoms with Crippen molar-refractivity contribution in [1.29, 1.82) is 0 Å². The number of hydrogen-bond donors (Lipinski definition) is 3. The van der Waals surface area contributed by atoms with Crippen LogP contribution in [-0.2, 0) is 4.79 Å². The van der Waals surface area contributed by atoms with E-state index in [0.717, 1.165) is 14.3 Å². The lowest BCUT2D eigenvalue weighted by Gasteiger charge is -2.12. The van der Waals surface area contributed by atoms with E-state index in [2.05, 4.69) is 38.8 Å². The number of carbonyl (C=O) groups excluding carboxylic acids is 2. The molecule has 0 atom stereocenters. The van der Waals surface area contributed by atoms with Gasteiger partial charge in [-0.25, -0.2) is 0 Å². The number of ether oxygens (including phenoxy) is 2. The summed E-state index contributed by atoms with van der Waals surface area (Å²) in [6, 6.07) is 18.4. The number of carbonyl (C=O) groups is 2. The normalized spacial score (nSPS) is 10.2. The Morgan fingerprint density at radius 3 is 2.50 bits per heavy atom. The Labute approximate surface area is 192 Å². The number of nitrogens with one attached hydrogen (secondary N) is 3. The van der Waals surface area contributed by atoms with E-state index >= 15 is 0 Å². The fourth-order valence-corrected chi connectivity index (χ4v) is 3.46. The summed E-state index contributed by atoms with van der Waals surface area (Å²) in [6.07, 6.45) is 0. The number of halogens is 1. The molecule has 9 heteroatoms. The highest BCUT2D eigenvalue weighted by Crippen LogP contribution is 2.22. The SMILES string of the molecule is COc1ccc(C(=O)NC(=S)NNC(=O)COc2ccc3ccccc3c2)cc1I. The number of hydrazine groups is 1. The number of fused-ring (bicyclic) bond motifs is 1. The summed E-state index contributed by atoms with van der Waals surface area (Å²) in [5, 5.41) is 4.56. The molecule has 0 aliphatic heterocycles. The van der Waals surface area contributed by atoms with Crippen molar-refractivity contribution in [3.05, 3.63) is 69.8 Å². The monoisotopic (exact) mass is 535 g/mol. The summed E-state index contributed by atoms with van der Waals surface area (Å²) in [4.78, 5) is 24.2. The van der Waals surface area contributed by atoms with Gasteiger partial charge in [-0.2, -0.15) is 0 Å². The lowest BCUT2D eigenvalue weighted by atomic mass is 10.1. The van der Waals surface area contributed by atoms with Gasteiger partial charge in [-0.15, -0.1) is 0 Å². The van der Waals surface area contributed by atoms with Crippen molar-refractivity contribution in [3.8, 4) is 11.5 Å². The van der Waals surface area contributed by atoms with Crippen molar-refractivity contribution in [1.82, 2.24) is 16.2 Å². The van der Waals surface area contributed by atoms with E-state index < -0.39 is 11.8 Å². The zero-order chi connectivity index (χ0) is 21.5. The molecule has 154 valence electrons. The molecular weight excluding hydrogens is 517 g/mol. The molecule has 0 radical (unpaired) electrons. The van der Waals surface area contributed by atoms with E-state index in [9.17, 15) is 9.59 Å². The zero-order valence-electron chi connectivity index (χ0n) is 15.9.